The largest absolute Gasteiger partial charge is 0.353 e. The van der Waals surface area contributed by atoms with Crippen molar-refractivity contribution in [3.05, 3.63) is 102 Å². The van der Waals surface area contributed by atoms with E-state index in [-0.39, 0.29) is 23.9 Å². The van der Waals surface area contributed by atoms with Crippen molar-refractivity contribution in [3.63, 3.8) is 0 Å². The van der Waals surface area contributed by atoms with Crippen molar-refractivity contribution in [3.8, 4) is 0 Å². The average Bonchev–Trinajstić information content (AvgIpc) is 3.27. The zero-order valence-corrected chi connectivity index (χ0v) is 21.0. The van der Waals surface area contributed by atoms with Gasteiger partial charge in [-0.05, 0) is 47.0 Å². The van der Waals surface area contributed by atoms with Gasteiger partial charge in [0.15, 0.2) is 0 Å². The highest BCUT2D eigenvalue weighted by Gasteiger charge is 2.28. The van der Waals surface area contributed by atoms with Crippen molar-refractivity contribution < 1.29 is 13.2 Å². The van der Waals surface area contributed by atoms with Gasteiger partial charge in [0.25, 0.3) is 0 Å². The van der Waals surface area contributed by atoms with Crippen molar-refractivity contribution in [2.45, 2.75) is 31.3 Å². The molecule has 0 unspecified atom stereocenters. The molecular formula is C28H31N3O3S. The van der Waals surface area contributed by atoms with E-state index in [0.717, 1.165) is 22.0 Å². The fraction of sp³-hybridized carbons (Fsp3) is 0.250. The van der Waals surface area contributed by atoms with Gasteiger partial charge >= 0.3 is 0 Å². The van der Waals surface area contributed by atoms with E-state index in [1.165, 1.54) is 4.31 Å². The van der Waals surface area contributed by atoms with Gasteiger partial charge in [0.2, 0.25) is 15.9 Å². The lowest BCUT2D eigenvalue weighted by Crippen LogP contribution is -2.43. The molecule has 0 bridgehead atoms. The fourth-order valence-electron chi connectivity index (χ4n) is 4.15. The Morgan fingerprint density at radius 2 is 1.57 bits per heavy atom. The molecule has 35 heavy (non-hydrogen) atoms. The number of amides is 1. The number of rotatable bonds is 10. The maximum absolute atomic E-state index is 13.6. The average molecular weight is 490 g/mol. The van der Waals surface area contributed by atoms with Crippen LogP contribution in [0.5, 0.6) is 0 Å². The first-order chi connectivity index (χ1) is 16.9. The lowest BCUT2D eigenvalue weighted by atomic mass is 10.1. The van der Waals surface area contributed by atoms with Crippen LogP contribution in [0.4, 0.5) is 0 Å². The maximum Gasteiger partial charge on any atom is 0.243 e. The zero-order valence-electron chi connectivity index (χ0n) is 20.2. The number of benzene rings is 3. The number of hydrogen-bond acceptors (Lipinski definition) is 3. The number of aromatic nitrogens is 1. The van der Waals surface area contributed by atoms with Crippen LogP contribution in [-0.4, -0.2) is 41.2 Å². The number of nitrogens with zero attached hydrogens (tertiary/aromatic N) is 3. The predicted molar refractivity (Wildman–Crippen MR) is 139 cm³/mol. The molecule has 0 radical (unpaired) electrons. The topological polar surface area (TPSA) is 62.6 Å². The highest BCUT2D eigenvalue weighted by molar-refractivity contribution is 7.89. The SMILES string of the molecule is CCCN(CC(=O)N(Cc1ccccc1)Cc1cccn1C)S(=O)(=O)c1ccc2ccccc2c1. The van der Waals surface area contributed by atoms with E-state index in [9.17, 15) is 13.2 Å². The van der Waals surface area contributed by atoms with E-state index in [4.69, 9.17) is 0 Å². The molecule has 0 saturated carbocycles. The second-order valence-electron chi connectivity index (χ2n) is 8.69. The zero-order chi connectivity index (χ0) is 24.8. The Hall–Kier alpha value is -3.42. The van der Waals surface area contributed by atoms with E-state index in [0.29, 0.717) is 19.5 Å². The molecule has 0 aliphatic heterocycles. The lowest BCUT2D eigenvalue weighted by Gasteiger charge is -2.27. The van der Waals surface area contributed by atoms with E-state index < -0.39 is 10.0 Å². The first-order valence-electron chi connectivity index (χ1n) is 11.8. The molecule has 7 heteroatoms. The number of fused-ring (bicyclic) bond motifs is 1. The molecule has 0 aliphatic carbocycles. The lowest BCUT2D eigenvalue weighted by molar-refractivity contribution is -0.132. The number of aryl methyl sites for hydroxylation is 1. The van der Waals surface area contributed by atoms with Crippen molar-refractivity contribution >= 4 is 26.7 Å². The van der Waals surface area contributed by atoms with Crippen molar-refractivity contribution in [1.29, 1.82) is 0 Å². The fourth-order valence-corrected chi connectivity index (χ4v) is 5.67. The van der Waals surface area contributed by atoms with Crippen LogP contribution < -0.4 is 0 Å². The van der Waals surface area contributed by atoms with Gasteiger partial charge in [0.1, 0.15) is 0 Å². The van der Waals surface area contributed by atoms with Gasteiger partial charge in [-0.15, -0.1) is 0 Å². The summed E-state index contributed by atoms with van der Waals surface area (Å²) in [7, 11) is -1.91. The number of carbonyl (C=O) groups is 1. The third kappa shape index (κ3) is 5.81. The molecule has 4 aromatic rings. The highest BCUT2D eigenvalue weighted by atomic mass is 32.2. The summed E-state index contributed by atoms with van der Waals surface area (Å²) in [6, 6.07) is 26.4. The molecule has 3 aromatic carbocycles. The predicted octanol–water partition coefficient (Wildman–Crippen LogP) is 4.81. The van der Waals surface area contributed by atoms with Crippen LogP contribution in [0.2, 0.25) is 0 Å². The van der Waals surface area contributed by atoms with Gasteiger partial charge in [0, 0.05) is 32.0 Å². The smallest absolute Gasteiger partial charge is 0.243 e. The summed E-state index contributed by atoms with van der Waals surface area (Å²) in [6.45, 7) is 2.78. The maximum atomic E-state index is 13.6. The Kier molecular flexibility index (Phi) is 7.68. The third-order valence-electron chi connectivity index (χ3n) is 6.12. The quantitative estimate of drug-likeness (QED) is 0.321. The normalized spacial score (nSPS) is 11.7. The molecule has 6 nitrogen and oxygen atoms in total. The van der Waals surface area contributed by atoms with Crippen LogP contribution in [0, 0.1) is 0 Å². The molecule has 0 atom stereocenters. The summed E-state index contributed by atoms with van der Waals surface area (Å²) in [6.07, 6.45) is 2.55. The molecule has 0 aliphatic rings. The minimum atomic E-state index is -3.85. The summed E-state index contributed by atoms with van der Waals surface area (Å²) in [5.74, 6) is -0.229. The molecule has 0 fully saturated rings. The van der Waals surface area contributed by atoms with Crippen LogP contribution >= 0.6 is 0 Å². The van der Waals surface area contributed by atoms with E-state index in [2.05, 4.69) is 0 Å². The summed E-state index contributed by atoms with van der Waals surface area (Å²) < 4.78 is 30.5. The molecule has 0 spiro atoms. The summed E-state index contributed by atoms with van der Waals surface area (Å²) in [5, 5.41) is 1.83. The van der Waals surface area contributed by atoms with Gasteiger partial charge < -0.3 is 9.47 Å². The Labute approximate surface area is 207 Å². The number of carbonyl (C=O) groups excluding carboxylic acids is 1. The monoisotopic (exact) mass is 489 g/mol. The minimum Gasteiger partial charge on any atom is -0.353 e. The van der Waals surface area contributed by atoms with Crippen LogP contribution in [0.25, 0.3) is 10.8 Å². The van der Waals surface area contributed by atoms with Crippen LogP contribution in [0.15, 0.2) is 96.0 Å². The van der Waals surface area contributed by atoms with Crippen LogP contribution in [-0.2, 0) is 35.0 Å². The van der Waals surface area contributed by atoms with E-state index >= 15 is 0 Å². The van der Waals surface area contributed by atoms with Gasteiger partial charge in [-0.25, -0.2) is 8.42 Å². The highest BCUT2D eigenvalue weighted by Crippen LogP contribution is 2.23. The Morgan fingerprint density at radius 3 is 2.26 bits per heavy atom. The molecule has 1 aromatic heterocycles. The van der Waals surface area contributed by atoms with Crippen molar-refractivity contribution in [2.24, 2.45) is 7.05 Å². The van der Waals surface area contributed by atoms with Crippen molar-refractivity contribution in [1.82, 2.24) is 13.8 Å². The van der Waals surface area contributed by atoms with Crippen LogP contribution in [0.1, 0.15) is 24.6 Å². The second kappa shape index (κ2) is 10.9. The Bertz CT molecular complexity index is 1400. The standard InChI is InChI=1S/C28H31N3O3S/c1-3-17-31(35(33,34)27-16-15-24-12-7-8-13-25(24)19-27)22-28(32)30(20-23-10-5-4-6-11-23)21-26-14-9-18-29(26)2/h4-16,18-19H,3,17,20-22H2,1-2H3. The molecule has 1 heterocycles. The molecule has 0 saturated heterocycles. The number of hydrogen-bond donors (Lipinski definition) is 0. The van der Waals surface area contributed by atoms with Crippen molar-refractivity contribution in [2.75, 3.05) is 13.1 Å². The van der Waals surface area contributed by atoms with Gasteiger partial charge in [0.05, 0.1) is 18.0 Å². The molecule has 1 amide bonds. The Balaban J connectivity index is 1.61. The van der Waals surface area contributed by atoms with E-state index in [1.54, 1.807) is 17.0 Å². The van der Waals surface area contributed by atoms with Crippen LogP contribution in [0.3, 0.4) is 0 Å². The first-order valence-corrected chi connectivity index (χ1v) is 13.2. The van der Waals surface area contributed by atoms with Gasteiger partial charge in [-0.1, -0.05) is 67.6 Å². The van der Waals surface area contributed by atoms with Gasteiger partial charge in [-0.2, -0.15) is 4.31 Å². The minimum absolute atomic E-state index is 0.203. The summed E-state index contributed by atoms with van der Waals surface area (Å²) in [4.78, 5) is 15.5. The second-order valence-corrected chi connectivity index (χ2v) is 10.6. The summed E-state index contributed by atoms with van der Waals surface area (Å²) >= 11 is 0. The third-order valence-corrected chi connectivity index (χ3v) is 7.96. The number of sulfonamides is 1. The summed E-state index contributed by atoms with van der Waals surface area (Å²) in [5.41, 5.74) is 1.98. The first kappa shape index (κ1) is 24.7. The molecule has 4 rings (SSSR count). The Morgan fingerprint density at radius 1 is 0.857 bits per heavy atom. The molecule has 0 N–H and O–H groups in total. The molecule has 182 valence electrons. The molecular weight excluding hydrogens is 458 g/mol. The van der Waals surface area contributed by atoms with Gasteiger partial charge in [-0.3, -0.25) is 4.79 Å². The van der Waals surface area contributed by atoms with E-state index in [1.807, 2.05) is 97.5 Å².